The molecule has 0 aliphatic heterocycles. The Balaban J connectivity index is 0.000000458. The average molecular weight is 525 g/mol. The first-order chi connectivity index (χ1) is 12.8. The van der Waals surface area contributed by atoms with Crippen molar-refractivity contribution in [3.05, 3.63) is 77.8 Å². The number of furan rings is 1. The van der Waals surface area contributed by atoms with Gasteiger partial charge in [0.25, 0.3) is 0 Å². The van der Waals surface area contributed by atoms with E-state index in [2.05, 4.69) is 83.3 Å². The molecule has 2 aromatic carbocycles. The quantitative estimate of drug-likeness (QED) is 0.231. The molecule has 0 bridgehead atoms. The second-order valence-electron chi connectivity index (χ2n) is 7.15. The van der Waals surface area contributed by atoms with E-state index in [-0.39, 0.29) is 30.2 Å². The maximum absolute atomic E-state index is 5.09. The van der Waals surface area contributed by atoms with Crippen LogP contribution in [0, 0.1) is 12.0 Å². The van der Waals surface area contributed by atoms with Gasteiger partial charge >= 0.3 is 41.9 Å². The monoisotopic (exact) mass is 522 g/mol. The molecule has 0 radical (unpaired) electrons. The molecular weight excluding hydrogens is 494 g/mol. The molecule has 1 atom stereocenters. The zero-order chi connectivity index (χ0) is 20.0. The van der Waals surface area contributed by atoms with Crippen LogP contribution in [-0.4, -0.2) is 5.43 Å². The van der Waals surface area contributed by atoms with Gasteiger partial charge in [-0.15, -0.1) is 78.4 Å². The van der Waals surface area contributed by atoms with E-state index in [0.717, 1.165) is 5.56 Å². The molecule has 1 nitrogen and oxygen atoms in total. The van der Waals surface area contributed by atoms with Gasteiger partial charge in [-0.3, -0.25) is 6.08 Å². The number of hydrogen-bond acceptors (Lipinski definition) is 1. The second kappa shape index (κ2) is 13.5. The van der Waals surface area contributed by atoms with Crippen molar-refractivity contribution in [3.63, 3.8) is 0 Å². The fourth-order valence-corrected chi connectivity index (χ4v) is 2.98. The van der Waals surface area contributed by atoms with Gasteiger partial charge in [-0.2, -0.15) is 11.1 Å². The number of allylic oxidation sites excluding steroid dienone is 4. The van der Waals surface area contributed by atoms with E-state index >= 15 is 0 Å². The van der Waals surface area contributed by atoms with Crippen LogP contribution in [0.5, 0.6) is 0 Å². The molecule has 0 amide bonds. The van der Waals surface area contributed by atoms with E-state index in [0.29, 0.717) is 5.92 Å². The number of benzene rings is 1. The van der Waals surface area contributed by atoms with Gasteiger partial charge in [0, 0.05) is 0 Å². The number of halogens is 2. The summed E-state index contributed by atoms with van der Waals surface area (Å²) in [6.07, 6.45) is 6.84. The summed E-state index contributed by atoms with van der Waals surface area (Å²) in [4.78, 5) is 0. The average Bonchev–Trinajstić information content (AvgIpc) is 3.33. The molecule has 5 heteroatoms. The second-order valence-corrected chi connectivity index (χ2v) is 16.5. The molecule has 0 spiro atoms. The summed E-state index contributed by atoms with van der Waals surface area (Å²) >= 11 is 1.74. The van der Waals surface area contributed by atoms with Crippen molar-refractivity contribution in [2.24, 2.45) is 5.92 Å². The van der Waals surface area contributed by atoms with Crippen LogP contribution in [-0.2, 0) is 23.3 Å². The SMILES string of the molecule is CC1=[C-]C(C)C(C)=C1C.C[Si](C)=[Zr+2].Cl.Cl.c1ccc2c(-c3ccoc3)c[cH-]c2c1. The van der Waals surface area contributed by atoms with Gasteiger partial charge in [0.1, 0.15) is 0 Å². The Morgan fingerprint density at radius 3 is 2.14 bits per heavy atom. The van der Waals surface area contributed by atoms with Crippen LogP contribution in [0.3, 0.4) is 0 Å². The summed E-state index contributed by atoms with van der Waals surface area (Å²) in [6, 6.07) is 14.6. The summed E-state index contributed by atoms with van der Waals surface area (Å²) in [5.74, 6) is 0.560. The molecule has 0 saturated carbocycles. The van der Waals surface area contributed by atoms with Crippen LogP contribution in [0.25, 0.3) is 21.9 Å². The maximum atomic E-state index is 5.09. The van der Waals surface area contributed by atoms with Crippen molar-refractivity contribution in [2.45, 2.75) is 40.8 Å². The topological polar surface area (TPSA) is 13.1 Å². The molecular formula is C24H30Cl2OSiZr. The Hall–Kier alpha value is -0.730. The molecule has 154 valence electrons. The van der Waals surface area contributed by atoms with Crippen LogP contribution >= 0.6 is 24.8 Å². The summed E-state index contributed by atoms with van der Waals surface area (Å²) < 4.78 is 5.09. The van der Waals surface area contributed by atoms with Gasteiger partial charge in [0.15, 0.2) is 0 Å². The van der Waals surface area contributed by atoms with E-state index in [1.54, 1.807) is 35.9 Å². The Labute approximate surface area is 203 Å². The fraction of sp³-hybridized carbons (Fsp3) is 0.292. The minimum absolute atomic E-state index is 0. The van der Waals surface area contributed by atoms with Crippen molar-refractivity contribution >= 4 is 41.0 Å². The molecule has 1 heterocycles. The van der Waals surface area contributed by atoms with Gasteiger partial charge in [0.05, 0.1) is 12.5 Å². The molecule has 0 N–H and O–H groups in total. The zero-order valence-corrected chi connectivity index (χ0v) is 23.1. The van der Waals surface area contributed by atoms with Crippen LogP contribution < -0.4 is 0 Å². The van der Waals surface area contributed by atoms with Gasteiger partial charge in [-0.25, -0.2) is 5.57 Å². The van der Waals surface area contributed by atoms with E-state index in [4.69, 9.17) is 4.42 Å². The molecule has 1 aliphatic rings. The Morgan fingerprint density at radius 1 is 1.07 bits per heavy atom. The molecule has 0 fully saturated rings. The fourth-order valence-electron chi connectivity index (χ4n) is 2.98. The van der Waals surface area contributed by atoms with Crippen molar-refractivity contribution in [2.75, 3.05) is 0 Å². The molecule has 1 aliphatic carbocycles. The van der Waals surface area contributed by atoms with Crippen molar-refractivity contribution < 1.29 is 27.8 Å². The minimum Gasteiger partial charge on any atom is -0.473 e. The summed E-state index contributed by atoms with van der Waals surface area (Å²) in [5.41, 5.74) is 6.85. The third-order valence-corrected chi connectivity index (χ3v) is 4.75. The third-order valence-electron chi connectivity index (χ3n) is 4.75. The Morgan fingerprint density at radius 2 is 1.69 bits per heavy atom. The van der Waals surface area contributed by atoms with Crippen LogP contribution in [0.1, 0.15) is 27.7 Å². The summed E-state index contributed by atoms with van der Waals surface area (Å²) in [5, 5.41) is 2.57. The number of fused-ring (bicyclic) bond motifs is 1. The van der Waals surface area contributed by atoms with Crippen LogP contribution in [0.2, 0.25) is 13.1 Å². The Bertz CT molecular complexity index is 964. The normalized spacial score (nSPS) is 14.6. The van der Waals surface area contributed by atoms with Crippen LogP contribution in [0.15, 0.2) is 76.1 Å². The first-order valence-corrected chi connectivity index (χ1v) is 15.5. The van der Waals surface area contributed by atoms with E-state index in [1.807, 2.05) is 6.07 Å². The van der Waals surface area contributed by atoms with Gasteiger partial charge < -0.3 is 4.42 Å². The van der Waals surface area contributed by atoms with Crippen LogP contribution in [0.4, 0.5) is 0 Å². The van der Waals surface area contributed by atoms with Crippen molar-refractivity contribution in [1.29, 1.82) is 0 Å². The number of hydrogen-bond donors (Lipinski definition) is 0. The van der Waals surface area contributed by atoms with Gasteiger partial charge in [-0.05, 0) is 11.6 Å². The zero-order valence-electron chi connectivity index (χ0n) is 18.0. The first kappa shape index (κ1) is 28.3. The molecule has 4 rings (SSSR count). The molecule has 3 aromatic rings. The van der Waals surface area contributed by atoms with Gasteiger partial charge in [-0.1, -0.05) is 32.8 Å². The largest absolute Gasteiger partial charge is 0.473 e. The first-order valence-electron chi connectivity index (χ1n) is 9.27. The summed E-state index contributed by atoms with van der Waals surface area (Å²) in [7, 11) is 0. The third kappa shape index (κ3) is 8.13. The standard InChI is InChI=1S/C13H9O.C9H13.C2H6Si.2ClH.Zr/c1-2-4-12-10(3-1)5-6-13(12)11-7-8-14-9-11;1-6-5-7(2)9(4)8(6)3;1-3-2;;;/h1-9H;6H,1-4H3;1-2H3;2*1H;/q2*-1;;;;+2. The smallest absolute Gasteiger partial charge is 0.0900 e. The molecule has 29 heavy (non-hydrogen) atoms. The van der Waals surface area contributed by atoms with Crippen molar-refractivity contribution in [1.82, 2.24) is 0 Å². The van der Waals surface area contributed by atoms with E-state index in [1.165, 1.54) is 33.1 Å². The Kier molecular flexibility index (Phi) is 13.2. The molecule has 1 aromatic heterocycles. The van der Waals surface area contributed by atoms with E-state index < -0.39 is 0 Å². The van der Waals surface area contributed by atoms with Gasteiger partial charge in [0.2, 0.25) is 0 Å². The minimum atomic E-state index is 0. The molecule has 1 unspecified atom stereocenters. The summed E-state index contributed by atoms with van der Waals surface area (Å²) in [6.45, 7) is 13.3. The van der Waals surface area contributed by atoms with E-state index in [9.17, 15) is 0 Å². The predicted molar refractivity (Wildman–Crippen MR) is 129 cm³/mol. The maximum Gasteiger partial charge on any atom is 0.0900 e. The number of rotatable bonds is 1. The van der Waals surface area contributed by atoms with Crippen molar-refractivity contribution in [3.8, 4) is 11.1 Å². The predicted octanol–water partition coefficient (Wildman–Crippen LogP) is 8.17. The molecule has 0 saturated heterocycles.